The quantitative estimate of drug-likeness (QED) is 0.771. The van der Waals surface area contributed by atoms with E-state index in [4.69, 9.17) is 5.26 Å². The number of aliphatic hydroxyl groups excluding tert-OH is 1. The summed E-state index contributed by atoms with van der Waals surface area (Å²) in [6.45, 7) is 4.41. The van der Waals surface area contributed by atoms with Crippen molar-refractivity contribution in [3.8, 4) is 6.07 Å². The van der Waals surface area contributed by atoms with Gasteiger partial charge in [0.15, 0.2) is 0 Å². The van der Waals surface area contributed by atoms with E-state index in [9.17, 15) is 9.90 Å². The summed E-state index contributed by atoms with van der Waals surface area (Å²) in [5.41, 5.74) is 1.65. The van der Waals surface area contributed by atoms with Crippen LogP contribution in [0.5, 0.6) is 0 Å². The molecule has 1 unspecified atom stereocenters. The molecule has 0 bridgehead atoms. The fourth-order valence-corrected chi connectivity index (χ4v) is 2.31. The molecule has 4 nitrogen and oxygen atoms in total. The van der Waals surface area contributed by atoms with Crippen LogP contribution in [0, 0.1) is 17.2 Å². The summed E-state index contributed by atoms with van der Waals surface area (Å²) in [5, 5.41) is 21.5. The van der Waals surface area contributed by atoms with Crippen molar-refractivity contribution in [2.24, 2.45) is 5.92 Å². The SMILES string of the molecule is CCC(CC)C(O)CNC(=O)CCc1ccc(C#N)cc1. The molecule has 2 N–H and O–H groups in total. The molecule has 0 fully saturated rings. The van der Waals surface area contributed by atoms with Gasteiger partial charge >= 0.3 is 0 Å². The predicted molar refractivity (Wildman–Crippen MR) is 82.6 cm³/mol. The van der Waals surface area contributed by atoms with Crippen molar-refractivity contribution in [2.75, 3.05) is 6.54 Å². The summed E-state index contributed by atoms with van der Waals surface area (Å²) < 4.78 is 0. The molecule has 1 aromatic rings. The van der Waals surface area contributed by atoms with E-state index in [-0.39, 0.29) is 11.8 Å². The number of hydrogen-bond acceptors (Lipinski definition) is 3. The van der Waals surface area contributed by atoms with Crippen molar-refractivity contribution in [1.82, 2.24) is 5.32 Å². The van der Waals surface area contributed by atoms with Crippen molar-refractivity contribution in [2.45, 2.75) is 45.6 Å². The van der Waals surface area contributed by atoms with Crippen LogP contribution in [0.1, 0.15) is 44.2 Å². The van der Waals surface area contributed by atoms with Gasteiger partial charge in [-0.1, -0.05) is 38.8 Å². The van der Waals surface area contributed by atoms with Crippen LogP contribution in [-0.4, -0.2) is 23.7 Å². The summed E-state index contributed by atoms with van der Waals surface area (Å²) in [6.07, 6.45) is 2.39. The minimum atomic E-state index is -0.473. The number of hydrogen-bond donors (Lipinski definition) is 2. The predicted octanol–water partition coefficient (Wildman–Crippen LogP) is 2.40. The molecule has 21 heavy (non-hydrogen) atoms. The highest BCUT2D eigenvalue weighted by Crippen LogP contribution is 2.12. The molecular formula is C17H24N2O2. The second-order valence-corrected chi connectivity index (χ2v) is 5.26. The van der Waals surface area contributed by atoms with E-state index in [0.29, 0.717) is 24.9 Å². The van der Waals surface area contributed by atoms with Crippen molar-refractivity contribution in [1.29, 1.82) is 5.26 Å². The van der Waals surface area contributed by atoms with Crippen LogP contribution in [0.3, 0.4) is 0 Å². The maximum atomic E-state index is 11.8. The highest BCUT2D eigenvalue weighted by Gasteiger charge is 2.15. The van der Waals surface area contributed by atoms with Crippen LogP contribution < -0.4 is 5.32 Å². The Hall–Kier alpha value is -1.86. The molecule has 1 aromatic carbocycles. The zero-order chi connectivity index (χ0) is 15.7. The van der Waals surface area contributed by atoms with Gasteiger partial charge in [0.05, 0.1) is 17.7 Å². The van der Waals surface area contributed by atoms with Gasteiger partial charge in [-0.3, -0.25) is 4.79 Å². The van der Waals surface area contributed by atoms with E-state index in [1.54, 1.807) is 12.1 Å². The largest absolute Gasteiger partial charge is 0.391 e. The van der Waals surface area contributed by atoms with Gasteiger partial charge < -0.3 is 10.4 Å². The Labute approximate surface area is 126 Å². The lowest BCUT2D eigenvalue weighted by molar-refractivity contribution is -0.121. The molecule has 1 atom stereocenters. The number of rotatable bonds is 8. The second-order valence-electron chi connectivity index (χ2n) is 5.26. The van der Waals surface area contributed by atoms with Crippen molar-refractivity contribution >= 4 is 5.91 Å². The Balaban J connectivity index is 2.32. The van der Waals surface area contributed by atoms with Crippen LogP contribution >= 0.6 is 0 Å². The summed E-state index contributed by atoms with van der Waals surface area (Å²) >= 11 is 0. The van der Waals surface area contributed by atoms with Crippen LogP contribution in [0.4, 0.5) is 0 Å². The molecule has 0 aliphatic heterocycles. The first-order chi connectivity index (χ1) is 10.1. The monoisotopic (exact) mass is 288 g/mol. The van der Waals surface area contributed by atoms with Crippen LogP contribution in [-0.2, 0) is 11.2 Å². The summed E-state index contributed by atoms with van der Waals surface area (Å²) in [4.78, 5) is 11.8. The Bertz CT molecular complexity index is 473. The highest BCUT2D eigenvalue weighted by molar-refractivity contribution is 5.76. The Morgan fingerprint density at radius 3 is 2.43 bits per heavy atom. The Morgan fingerprint density at radius 1 is 1.29 bits per heavy atom. The fourth-order valence-electron chi connectivity index (χ4n) is 2.31. The molecule has 0 radical (unpaired) electrons. The third-order valence-corrected chi connectivity index (χ3v) is 3.83. The normalized spacial score (nSPS) is 12.0. The van der Waals surface area contributed by atoms with E-state index in [1.165, 1.54) is 0 Å². The number of aliphatic hydroxyl groups is 1. The number of carbonyl (C=O) groups excluding carboxylic acids is 1. The molecule has 0 heterocycles. The first-order valence-electron chi connectivity index (χ1n) is 7.54. The number of aryl methyl sites for hydroxylation is 1. The highest BCUT2D eigenvalue weighted by atomic mass is 16.3. The molecule has 0 aliphatic rings. The molecule has 0 saturated heterocycles. The third-order valence-electron chi connectivity index (χ3n) is 3.83. The average molecular weight is 288 g/mol. The molecular weight excluding hydrogens is 264 g/mol. The van der Waals surface area contributed by atoms with Crippen molar-refractivity contribution < 1.29 is 9.90 Å². The number of benzene rings is 1. The third kappa shape index (κ3) is 5.97. The minimum Gasteiger partial charge on any atom is -0.391 e. The van der Waals surface area contributed by atoms with Crippen LogP contribution in [0.15, 0.2) is 24.3 Å². The molecule has 0 aliphatic carbocycles. The molecule has 114 valence electrons. The van der Waals surface area contributed by atoms with E-state index >= 15 is 0 Å². The number of nitriles is 1. The van der Waals surface area contributed by atoms with Gasteiger partial charge in [-0.15, -0.1) is 0 Å². The van der Waals surface area contributed by atoms with E-state index < -0.39 is 6.10 Å². The van der Waals surface area contributed by atoms with Gasteiger partial charge in [0.25, 0.3) is 0 Å². The number of nitrogens with one attached hydrogen (secondary N) is 1. The van der Waals surface area contributed by atoms with Gasteiger partial charge in [0.2, 0.25) is 5.91 Å². The lowest BCUT2D eigenvalue weighted by Crippen LogP contribution is -2.36. The van der Waals surface area contributed by atoms with Crippen LogP contribution in [0.25, 0.3) is 0 Å². The number of amides is 1. The Morgan fingerprint density at radius 2 is 1.90 bits per heavy atom. The number of carbonyl (C=O) groups is 1. The smallest absolute Gasteiger partial charge is 0.220 e. The van der Waals surface area contributed by atoms with Crippen molar-refractivity contribution in [3.05, 3.63) is 35.4 Å². The van der Waals surface area contributed by atoms with E-state index in [2.05, 4.69) is 11.4 Å². The second kappa shape index (κ2) is 9.15. The van der Waals surface area contributed by atoms with Gasteiger partial charge in [0.1, 0.15) is 0 Å². The van der Waals surface area contributed by atoms with Crippen molar-refractivity contribution in [3.63, 3.8) is 0 Å². The minimum absolute atomic E-state index is 0.0515. The average Bonchev–Trinajstić information content (AvgIpc) is 2.52. The maximum Gasteiger partial charge on any atom is 0.220 e. The molecule has 0 spiro atoms. The summed E-state index contributed by atoms with van der Waals surface area (Å²) in [6, 6.07) is 9.31. The maximum absolute atomic E-state index is 11.8. The van der Waals surface area contributed by atoms with E-state index in [0.717, 1.165) is 18.4 Å². The molecule has 0 saturated carbocycles. The lowest BCUT2D eigenvalue weighted by atomic mass is 9.96. The molecule has 1 amide bonds. The van der Waals surface area contributed by atoms with Crippen LogP contribution in [0.2, 0.25) is 0 Å². The van der Waals surface area contributed by atoms with Gasteiger partial charge in [-0.25, -0.2) is 0 Å². The zero-order valence-electron chi connectivity index (χ0n) is 12.8. The number of nitrogens with zero attached hydrogens (tertiary/aromatic N) is 1. The molecule has 0 aromatic heterocycles. The molecule has 1 rings (SSSR count). The molecule has 4 heteroatoms. The van der Waals surface area contributed by atoms with Gasteiger partial charge in [-0.05, 0) is 30.0 Å². The first-order valence-corrected chi connectivity index (χ1v) is 7.54. The lowest BCUT2D eigenvalue weighted by Gasteiger charge is -2.20. The summed E-state index contributed by atoms with van der Waals surface area (Å²) in [7, 11) is 0. The Kier molecular flexibility index (Phi) is 7.49. The van der Waals surface area contributed by atoms with Gasteiger partial charge in [0, 0.05) is 13.0 Å². The standard InChI is InChI=1S/C17H24N2O2/c1-3-15(4-2)16(20)12-19-17(21)10-9-13-5-7-14(11-18)8-6-13/h5-8,15-16,20H,3-4,9-10,12H2,1-2H3,(H,19,21). The zero-order valence-corrected chi connectivity index (χ0v) is 12.8. The fraction of sp³-hybridized carbons (Fsp3) is 0.529. The summed E-state index contributed by atoms with van der Waals surface area (Å²) in [5.74, 6) is 0.188. The topological polar surface area (TPSA) is 73.1 Å². The van der Waals surface area contributed by atoms with Gasteiger partial charge in [-0.2, -0.15) is 5.26 Å². The van der Waals surface area contributed by atoms with E-state index in [1.807, 2.05) is 26.0 Å². The first kappa shape index (κ1) is 17.2.